The first-order chi connectivity index (χ1) is 11.2. The van der Waals surface area contributed by atoms with E-state index in [1.54, 1.807) is 31.4 Å². The van der Waals surface area contributed by atoms with E-state index < -0.39 is 0 Å². The van der Waals surface area contributed by atoms with Gasteiger partial charge in [-0.2, -0.15) is 0 Å². The van der Waals surface area contributed by atoms with Crippen LogP contribution in [-0.4, -0.2) is 37.9 Å². The molecule has 5 nitrogen and oxygen atoms in total. The van der Waals surface area contributed by atoms with Crippen LogP contribution in [0.4, 0.5) is 0 Å². The molecule has 0 saturated carbocycles. The van der Waals surface area contributed by atoms with Crippen LogP contribution in [0.25, 0.3) is 0 Å². The van der Waals surface area contributed by atoms with Crippen molar-refractivity contribution in [3.63, 3.8) is 0 Å². The molecule has 1 amide bonds. The highest BCUT2D eigenvalue weighted by Crippen LogP contribution is 2.12. The Hall–Kier alpha value is -1.66. The zero-order valence-electron chi connectivity index (χ0n) is 13.9. The molecule has 1 aromatic carbocycles. The summed E-state index contributed by atoms with van der Waals surface area (Å²) in [5.74, 6) is 0.546. The van der Waals surface area contributed by atoms with E-state index in [1.165, 1.54) is 6.42 Å². The largest absolute Gasteiger partial charge is 0.494 e. The first kappa shape index (κ1) is 19.4. The predicted octanol–water partition coefficient (Wildman–Crippen LogP) is 2.90. The van der Waals surface area contributed by atoms with E-state index in [0.29, 0.717) is 30.4 Å². The van der Waals surface area contributed by atoms with Gasteiger partial charge in [-0.15, -0.1) is 0 Å². The third-order valence-electron chi connectivity index (χ3n) is 3.17. The zero-order valence-corrected chi connectivity index (χ0v) is 14.7. The molecule has 0 bridgehead atoms. The van der Waals surface area contributed by atoms with Gasteiger partial charge < -0.3 is 14.8 Å². The Morgan fingerprint density at radius 3 is 2.52 bits per heavy atom. The summed E-state index contributed by atoms with van der Waals surface area (Å²) >= 11 is 5.08. The number of hydrogen-bond acceptors (Lipinski definition) is 4. The minimum Gasteiger partial charge on any atom is -0.494 e. The first-order valence-corrected chi connectivity index (χ1v) is 8.39. The maximum absolute atomic E-state index is 12.1. The van der Waals surface area contributed by atoms with Crippen molar-refractivity contribution >= 4 is 23.2 Å². The molecule has 0 heterocycles. The molecule has 0 aliphatic carbocycles. The van der Waals surface area contributed by atoms with Gasteiger partial charge in [-0.05, 0) is 49.3 Å². The highest BCUT2D eigenvalue weighted by atomic mass is 32.1. The van der Waals surface area contributed by atoms with Crippen LogP contribution in [0, 0.1) is 0 Å². The summed E-state index contributed by atoms with van der Waals surface area (Å²) in [6.45, 7) is 4.18. The van der Waals surface area contributed by atoms with Crippen LogP contribution in [0.1, 0.15) is 43.0 Å². The Morgan fingerprint density at radius 2 is 1.87 bits per heavy atom. The SMILES string of the molecule is CCCCCOc1ccc(C(=O)NC(=S)NCCCOC)cc1. The monoisotopic (exact) mass is 338 g/mol. The number of benzene rings is 1. The van der Waals surface area contributed by atoms with Crippen molar-refractivity contribution in [3.8, 4) is 5.75 Å². The van der Waals surface area contributed by atoms with Gasteiger partial charge in [-0.1, -0.05) is 19.8 Å². The Kier molecular flexibility index (Phi) is 9.99. The van der Waals surface area contributed by atoms with Crippen molar-refractivity contribution in [3.05, 3.63) is 29.8 Å². The average molecular weight is 338 g/mol. The lowest BCUT2D eigenvalue weighted by Gasteiger charge is -2.10. The minimum atomic E-state index is -0.230. The lowest BCUT2D eigenvalue weighted by atomic mass is 10.2. The summed E-state index contributed by atoms with van der Waals surface area (Å²) in [5.41, 5.74) is 0.548. The number of unbranched alkanes of at least 4 members (excludes halogenated alkanes) is 2. The number of carbonyl (C=O) groups excluding carboxylic acids is 1. The predicted molar refractivity (Wildman–Crippen MR) is 96.0 cm³/mol. The van der Waals surface area contributed by atoms with Gasteiger partial charge in [-0.3, -0.25) is 10.1 Å². The second kappa shape index (κ2) is 11.8. The lowest BCUT2D eigenvalue weighted by molar-refractivity contribution is 0.0976. The van der Waals surface area contributed by atoms with Gasteiger partial charge in [0.25, 0.3) is 5.91 Å². The molecule has 0 aliphatic heterocycles. The first-order valence-electron chi connectivity index (χ1n) is 7.98. The van der Waals surface area contributed by atoms with E-state index in [4.69, 9.17) is 21.7 Å². The molecular weight excluding hydrogens is 312 g/mol. The van der Waals surface area contributed by atoms with Crippen molar-refractivity contribution in [2.24, 2.45) is 0 Å². The summed E-state index contributed by atoms with van der Waals surface area (Å²) in [6, 6.07) is 7.07. The molecule has 0 fully saturated rings. The fourth-order valence-corrected chi connectivity index (χ4v) is 2.08. The second-order valence-electron chi connectivity index (χ2n) is 5.14. The summed E-state index contributed by atoms with van der Waals surface area (Å²) in [4.78, 5) is 12.1. The highest BCUT2D eigenvalue weighted by Gasteiger charge is 2.07. The van der Waals surface area contributed by atoms with Crippen LogP contribution in [0.15, 0.2) is 24.3 Å². The molecule has 0 unspecified atom stereocenters. The van der Waals surface area contributed by atoms with Crippen LogP contribution in [0.2, 0.25) is 0 Å². The number of nitrogens with one attached hydrogen (secondary N) is 2. The van der Waals surface area contributed by atoms with Crippen LogP contribution in [-0.2, 0) is 4.74 Å². The van der Waals surface area contributed by atoms with E-state index in [0.717, 1.165) is 25.0 Å². The molecule has 0 radical (unpaired) electrons. The molecule has 0 saturated heterocycles. The van der Waals surface area contributed by atoms with Crippen molar-refractivity contribution in [2.75, 3.05) is 26.9 Å². The molecule has 2 N–H and O–H groups in total. The van der Waals surface area contributed by atoms with Gasteiger partial charge >= 0.3 is 0 Å². The van der Waals surface area contributed by atoms with Crippen LogP contribution in [0.5, 0.6) is 5.75 Å². The van der Waals surface area contributed by atoms with Gasteiger partial charge in [0.05, 0.1) is 6.61 Å². The number of methoxy groups -OCH3 is 1. The number of thiocarbonyl (C=S) groups is 1. The molecule has 1 aromatic rings. The van der Waals surface area contributed by atoms with Crippen LogP contribution >= 0.6 is 12.2 Å². The van der Waals surface area contributed by atoms with Gasteiger partial charge in [-0.25, -0.2) is 0 Å². The van der Waals surface area contributed by atoms with E-state index in [2.05, 4.69) is 17.6 Å². The Bertz CT molecular complexity index is 477. The van der Waals surface area contributed by atoms with Crippen LogP contribution < -0.4 is 15.4 Å². The average Bonchev–Trinajstić information content (AvgIpc) is 2.56. The maximum atomic E-state index is 12.1. The minimum absolute atomic E-state index is 0.230. The topological polar surface area (TPSA) is 59.6 Å². The summed E-state index contributed by atoms with van der Waals surface area (Å²) in [6.07, 6.45) is 4.20. The number of amides is 1. The van der Waals surface area contributed by atoms with Gasteiger partial charge in [0.15, 0.2) is 5.11 Å². The zero-order chi connectivity index (χ0) is 16.9. The molecule has 23 heavy (non-hydrogen) atoms. The third-order valence-corrected chi connectivity index (χ3v) is 3.42. The molecular formula is C17H26N2O3S. The summed E-state index contributed by atoms with van der Waals surface area (Å²) in [7, 11) is 1.65. The Labute approximate surface area is 143 Å². The maximum Gasteiger partial charge on any atom is 0.257 e. The number of ether oxygens (including phenoxy) is 2. The highest BCUT2D eigenvalue weighted by molar-refractivity contribution is 7.80. The van der Waals surface area contributed by atoms with Gasteiger partial charge in [0.1, 0.15) is 5.75 Å². The molecule has 6 heteroatoms. The molecule has 0 aliphatic rings. The second-order valence-corrected chi connectivity index (χ2v) is 5.54. The quantitative estimate of drug-likeness (QED) is 0.507. The third kappa shape index (κ3) is 8.52. The van der Waals surface area contributed by atoms with Crippen molar-refractivity contribution in [1.82, 2.24) is 10.6 Å². The fraction of sp³-hybridized carbons (Fsp3) is 0.529. The van der Waals surface area contributed by atoms with Crippen molar-refractivity contribution in [2.45, 2.75) is 32.6 Å². The van der Waals surface area contributed by atoms with Gasteiger partial charge in [0.2, 0.25) is 0 Å². The van der Waals surface area contributed by atoms with E-state index in [-0.39, 0.29) is 5.91 Å². The number of hydrogen-bond donors (Lipinski definition) is 2. The number of rotatable bonds is 10. The Morgan fingerprint density at radius 1 is 1.13 bits per heavy atom. The normalized spacial score (nSPS) is 10.2. The molecule has 1 rings (SSSR count). The standard InChI is InChI=1S/C17H26N2O3S/c1-3-4-5-13-22-15-9-7-14(8-10-15)16(20)19-17(23)18-11-6-12-21-2/h7-10H,3-6,11-13H2,1-2H3,(H2,18,19,20,23). The molecule has 0 aromatic heterocycles. The van der Waals surface area contributed by atoms with E-state index in [1.807, 2.05) is 0 Å². The number of carbonyl (C=O) groups is 1. The molecule has 0 atom stereocenters. The summed E-state index contributed by atoms with van der Waals surface area (Å²) in [5, 5.41) is 5.94. The van der Waals surface area contributed by atoms with Crippen molar-refractivity contribution in [1.29, 1.82) is 0 Å². The Balaban J connectivity index is 2.34. The van der Waals surface area contributed by atoms with Crippen molar-refractivity contribution < 1.29 is 14.3 Å². The van der Waals surface area contributed by atoms with Crippen LogP contribution in [0.3, 0.4) is 0 Å². The molecule has 128 valence electrons. The van der Waals surface area contributed by atoms with E-state index >= 15 is 0 Å². The smallest absolute Gasteiger partial charge is 0.257 e. The fourth-order valence-electron chi connectivity index (χ4n) is 1.88. The lowest BCUT2D eigenvalue weighted by Crippen LogP contribution is -2.39. The van der Waals surface area contributed by atoms with Gasteiger partial charge in [0, 0.05) is 25.8 Å². The molecule has 0 spiro atoms. The summed E-state index contributed by atoms with van der Waals surface area (Å²) < 4.78 is 10.6. The van der Waals surface area contributed by atoms with E-state index in [9.17, 15) is 4.79 Å².